The Balaban J connectivity index is 1.37. The van der Waals surface area contributed by atoms with Crippen LogP contribution in [0.5, 0.6) is 0 Å². The molecule has 0 fully saturated rings. The number of aryl methyl sites for hydroxylation is 1. The second kappa shape index (κ2) is 8.90. The molecule has 4 aromatic rings. The van der Waals surface area contributed by atoms with Gasteiger partial charge in [0.2, 0.25) is 0 Å². The topological polar surface area (TPSA) is 109 Å². The number of hydrogen-bond acceptors (Lipinski definition) is 5. The third-order valence-electron chi connectivity index (χ3n) is 5.93. The monoisotopic (exact) mass is 496 g/mol. The van der Waals surface area contributed by atoms with Gasteiger partial charge in [-0.15, -0.1) is 0 Å². The van der Waals surface area contributed by atoms with Gasteiger partial charge >= 0.3 is 0 Å². The molecule has 0 aromatic heterocycles. The minimum absolute atomic E-state index is 0.129. The van der Waals surface area contributed by atoms with Gasteiger partial charge in [0.05, 0.1) is 16.1 Å². The van der Waals surface area contributed by atoms with Crippen molar-refractivity contribution in [3.63, 3.8) is 0 Å². The molecule has 36 heavy (non-hydrogen) atoms. The fourth-order valence-electron chi connectivity index (χ4n) is 4.06. The van der Waals surface area contributed by atoms with E-state index in [1.165, 1.54) is 36.4 Å². The highest BCUT2D eigenvalue weighted by molar-refractivity contribution is 7.92. The molecule has 2 N–H and O–H groups in total. The molecule has 1 amide bonds. The van der Waals surface area contributed by atoms with Crippen LogP contribution in [0.3, 0.4) is 0 Å². The van der Waals surface area contributed by atoms with Gasteiger partial charge in [0.1, 0.15) is 0 Å². The van der Waals surface area contributed by atoms with Crippen LogP contribution in [0.15, 0.2) is 95.9 Å². The van der Waals surface area contributed by atoms with Crippen molar-refractivity contribution in [2.24, 2.45) is 0 Å². The first-order chi connectivity index (χ1) is 17.2. The average Bonchev–Trinajstić information content (AvgIpc) is 2.87. The Morgan fingerprint density at radius 3 is 1.97 bits per heavy atom. The van der Waals surface area contributed by atoms with Gasteiger partial charge in [0, 0.05) is 27.9 Å². The second-order valence-corrected chi connectivity index (χ2v) is 10.1. The lowest BCUT2D eigenvalue weighted by atomic mass is 9.83. The summed E-state index contributed by atoms with van der Waals surface area (Å²) in [6.45, 7) is 1.87. The van der Waals surface area contributed by atoms with Crippen molar-refractivity contribution in [1.82, 2.24) is 0 Å². The van der Waals surface area contributed by atoms with E-state index in [1.807, 2.05) is 6.92 Å². The number of fused-ring (bicyclic) bond motifs is 2. The van der Waals surface area contributed by atoms with E-state index in [1.54, 1.807) is 54.6 Å². The largest absolute Gasteiger partial charge is 0.321 e. The van der Waals surface area contributed by atoms with Crippen LogP contribution >= 0.6 is 0 Å². The summed E-state index contributed by atoms with van der Waals surface area (Å²) in [6, 6.07) is 23.7. The van der Waals surface area contributed by atoms with Crippen LogP contribution in [0.25, 0.3) is 0 Å². The molecular weight excluding hydrogens is 476 g/mol. The molecule has 4 aromatic carbocycles. The predicted molar refractivity (Wildman–Crippen MR) is 136 cm³/mol. The second-order valence-electron chi connectivity index (χ2n) is 8.38. The predicted octanol–water partition coefficient (Wildman–Crippen LogP) is 4.82. The van der Waals surface area contributed by atoms with Crippen molar-refractivity contribution in [2.75, 3.05) is 10.0 Å². The fourth-order valence-corrected chi connectivity index (χ4v) is 5.12. The van der Waals surface area contributed by atoms with E-state index in [4.69, 9.17) is 0 Å². The smallest absolute Gasteiger partial charge is 0.261 e. The number of rotatable bonds is 5. The quantitative estimate of drug-likeness (QED) is 0.362. The van der Waals surface area contributed by atoms with E-state index in [-0.39, 0.29) is 38.8 Å². The zero-order chi connectivity index (χ0) is 25.4. The standard InChI is InChI=1S/C28H20N2O5S/c1-17-9-15-20(16-10-17)36(34,35)30-19-13-11-18(12-14-19)28(33)29-24-8-4-7-23-25(24)27(32)22-6-3-2-5-21(22)26(23)31/h2-16,30H,1H3,(H,29,33). The summed E-state index contributed by atoms with van der Waals surface area (Å²) in [5, 5.41) is 2.72. The van der Waals surface area contributed by atoms with Gasteiger partial charge < -0.3 is 5.32 Å². The molecule has 5 rings (SSSR count). The van der Waals surface area contributed by atoms with Gasteiger partial charge in [0.15, 0.2) is 11.6 Å². The summed E-state index contributed by atoms with van der Waals surface area (Å²) in [6.07, 6.45) is 0. The van der Waals surface area contributed by atoms with Gasteiger partial charge in [-0.3, -0.25) is 19.1 Å². The number of hydrogen-bond donors (Lipinski definition) is 2. The summed E-state index contributed by atoms with van der Waals surface area (Å²) in [5.41, 5.74) is 2.73. The Labute approximate surface area is 207 Å². The van der Waals surface area contributed by atoms with Gasteiger partial charge in [0.25, 0.3) is 15.9 Å². The van der Waals surface area contributed by atoms with E-state index in [0.717, 1.165) is 5.56 Å². The highest BCUT2D eigenvalue weighted by Crippen LogP contribution is 2.32. The van der Waals surface area contributed by atoms with Gasteiger partial charge in [-0.2, -0.15) is 0 Å². The number of carbonyl (C=O) groups excluding carboxylic acids is 3. The lowest BCUT2D eigenvalue weighted by Gasteiger charge is -2.20. The average molecular weight is 497 g/mol. The van der Waals surface area contributed by atoms with Crippen molar-refractivity contribution in [1.29, 1.82) is 0 Å². The van der Waals surface area contributed by atoms with Gasteiger partial charge in [-0.25, -0.2) is 8.42 Å². The van der Waals surface area contributed by atoms with Gasteiger partial charge in [-0.05, 0) is 49.4 Å². The van der Waals surface area contributed by atoms with Crippen LogP contribution < -0.4 is 10.0 Å². The maximum atomic E-state index is 13.1. The molecule has 0 bridgehead atoms. The number of anilines is 2. The highest BCUT2D eigenvalue weighted by Gasteiger charge is 2.31. The van der Waals surface area contributed by atoms with Crippen molar-refractivity contribution in [3.05, 3.63) is 124 Å². The Morgan fingerprint density at radius 2 is 1.31 bits per heavy atom. The SMILES string of the molecule is Cc1ccc(S(=O)(=O)Nc2ccc(C(=O)Nc3cccc4c3C(=O)c3ccccc3C4=O)cc2)cc1. The first kappa shape index (κ1) is 23.2. The third kappa shape index (κ3) is 4.18. The molecule has 0 aliphatic heterocycles. The van der Waals surface area contributed by atoms with Crippen molar-refractivity contribution in [2.45, 2.75) is 11.8 Å². The maximum Gasteiger partial charge on any atom is 0.261 e. The zero-order valence-electron chi connectivity index (χ0n) is 19.1. The number of carbonyl (C=O) groups is 3. The Morgan fingerprint density at radius 1 is 0.694 bits per heavy atom. The molecule has 0 heterocycles. The Hall–Kier alpha value is -4.56. The summed E-state index contributed by atoms with van der Waals surface area (Å²) in [4.78, 5) is 39.1. The van der Waals surface area contributed by atoms with Crippen molar-refractivity contribution >= 4 is 38.9 Å². The molecule has 1 aliphatic carbocycles. The highest BCUT2D eigenvalue weighted by atomic mass is 32.2. The van der Waals surface area contributed by atoms with Crippen LogP contribution in [0, 0.1) is 6.92 Å². The van der Waals surface area contributed by atoms with Crippen molar-refractivity contribution < 1.29 is 22.8 Å². The number of nitrogens with one attached hydrogen (secondary N) is 2. The molecule has 0 radical (unpaired) electrons. The molecule has 0 saturated heterocycles. The van der Waals surface area contributed by atoms with E-state index >= 15 is 0 Å². The lowest BCUT2D eigenvalue weighted by Crippen LogP contribution is -2.23. The van der Waals surface area contributed by atoms with E-state index in [2.05, 4.69) is 10.0 Å². The first-order valence-electron chi connectivity index (χ1n) is 11.1. The molecule has 178 valence electrons. The molecule has 0 atom stereocenters. The molecule has 0 saturated carbocycles. The summed E-state index contributed by atoms with van der Waals surface area (Å²) in [7, 11) is -3.78. The van der Waals surface area contributed by atoms with E-state index in [9.17, 15) is 22.8 Å². The molecular formula is C28H20N2O5S. The Kier molecular flexibility index (Phi) is 5.74. The molecule has 0 unspecified atom stereocenters. The first-order valence-corrected chi connectivity index (χ1v) is 12.6. The number of sulfonamides is 1. The van der Waals surface area contributed by atoms with Gasteiger partial charge in [-0.1, -0.05) is 54.1 Å². The molecule has 8 heteroatoms. The minimum atomic E-state index is -3.78. The molecule has 7 nitrogen and oxygen atoms in total. The Bertz CT molecular complexity index is 1640. The zero-order valence-corrected chi connectivity index (χ0v) is 19.9. The lowest BCUT2D eigenvalue weighted by molar-refractivity contribution is 0.0978. The van der Waals surface area contributed by atoms with E-state index < -0.39 is 15.9 Å². The van der Waals surface area contributed by atoms with Crippen LogP contribution in [0.1, 0.15) is 47.8 Å². The normalized spacial score (nSPS) is 12.5. The van der Waals surface area contributed by atoms with Crippen LogP contribution in [-0.2, 0) is 10.0 Å². The summed E-state index contributed by atoms with van der Waals surface area (Å²) in [5.74, 6) is -1.12. The van der Waals surface area contributed by atoms with Crippen LogP contribution in [0.4, 0.5) is 11.4 Å². The van der Waals surface area contributed by atoms with Crippen LogP contribution in [-0.4, -0.2) is 25.9 Å². The summed E-state index contributed by atoms with van der Waals surface area (Å²) < 4.78 is 27.7. The number of ketones is 2. The number of benzene rings is 4. The maximum absolute atomic E-state index is 13.1. The van der Waals surface area contributed by atoms with Crippen molar-refractivity contribution in [3.8, 4) is 0 Å². The number of amides is 1. The molecule has 1 aliphatic rings. The minimum Gasteiger partial charge on any atom is -0.321 e. The van der Waals surface area contributed by atoms with Crippen LogP contribution in [0.2, 0.25) is 0 Å². The third-order valence-corrected chi connectivity index (χ3v) is 7.33. The molecule has 0 spiro atoms. The van der Waals surface area contributed by atoms with E-state index in [0.29, 0.717) is 16.8 Å². The summed E-state index contributed by atoms with van der Waals surface area (Å²) >= 11 is 0. The fraction of sp³-hybridized carbons (Fsp3) is 0.0357.